The normalized spacial score (nSPS) is 14.6. The van der Waals surface area contributed by atoms with Gasteiger partial charge in [0.05, 0.1) is 5.92 Å². The molecule has 1 aromatic heterocycles. The molecule has 1 aliphatic rings. The molecule has 8 nitrogen and oxygen atoms in total. The van der Waals surface area contributed by atoms with Gasteiger partial charge in [-0.2, -0.15) is 0 Å². The van der Waals surface area contributed by atoms with Crippen molar-refractivity contribution in [3.63, 3.8) is 0 Å². The summed E-state index contributed by atoms with van der Waals surface area (Å²) in [5, 5.41) is 1.78. The Labute approximate surface area is 234 Å². The van der Waals surface area contributed by atoms with E-state index in [1.54, 1.807) is 41.8 Å². The minimum Gasteiger partial charge on any atom is -0.457 e. The highest BCUT2D eigenvalue weighted by Gasteiger charge is 2.36. The largest absolute Gasteiger partial charge is 0.457 e. The molecule has 1 amide bonds. The number of nitrogens with zero attached hydrogens (tertiary/aromatic N) is 1. The minimum absolute atomic E-state index is 0.00105. The number of hydrogen-bond donors (Lipinski definition) is 0. The van der Waals surface area contributed by atoms with Crippen LogP contribution in [0.5, 0.6) is 17.2 Å². The van der Waals surface area contributed by atoms with Crippen LogP contribution in [0, 0.1) is 12.8 Å². The molecular weight excluding hydrogens is 530 g/mol. The van der Waals surface area contributed by atoms with Gasteiger partial charge in [0, 0.05) is 24.2 Å². The molecule has 9 heteroatoms. The van der Waals surface area contributed by atoms with Crippen molar-refractivity contribution < 1.29 is 33.4 Å². The fourth-order valence-electron chi connectivity index (χ4n) is 4.15. The number of Topliss-reactive ketones (excluding diaryl/α,β-unsaturated/α-hetero) is 1. The van der Waals surface area contributed by atoms with Gasteiger partial charge < -0.3 is 19.1 Å². The van der Waals surface area contributed by atoms with E-state index in [9.17, 15) is 19.2 Å². The first-order valence-corrected chi connectivity index (χ1v) is 13.4. The van der Waals surface area contributed by atoms with Crippen LogP contribution >= 0.6 is 11.3 Å². The number of benzene rings is 3. The second kappa shape index (κ2) is 12.0. The summed E-state index contributed by atoms with van der Waals surface area (Å²) in [4.78, 5) is 51.9. The van der Waals surface area contributed by atoms with Gasteiger partial charge in [0.1, 0.15) is 22.1 Å². The zero-order chi connectivity index (χ0) is 28.1. The van der Waals surface area contributed by atoms with E-state index >= 15 is 0 Å². The second-order valence-electron chi connectivity index (χ2n) is 9.24. The van der Waals surface area contributed by atoms with E-state index in [1.807, 2.05) is 31.2 Å². The molecule has 0 N–H and O–H groups in total. The lowest BCUT2D eigenvalue weighted by atomic mass is 10.1. The Morgan fingerprint density at radius 2 is 1.52 bits per heavy atom. The third kappa shape index (κ3) is 6.44. The molecule has 1 saturated heterocycles. The predicted octanol–water partition coefficient (Wildman–Crippen LogP) is 5.85. The SMILES string of the molecule is Cc1ccc(Oc2ccc(N3C[C@H](C(=O)OCC(=O)c4ccc(OC(=O)c5cccs5)cc4)CC3=O)cc2)cc1. The third-order valence-electron chi connectivity index (χ3n) is 6.32. The minimum atomic E-state index is -0.678. The van der Waals surface area contributed by atoms with E-state index < -0.39 is 30.2 Å². The Morgan fingerprint density at radius 1 is 0.875 bits per heavy atom. The maximum absolute atomic E-state index is 12.6. The van der Waals surface area contributed by atoms with Crippen molar-refractivity contribution in [1.82, 2.24) is 0 Å². The highest BCUT2D eigenvalue weighted by Crippen LogP contribution is 2.29. The molecule has 0 bridgehead atoms. The Kier molecular flexibility index (Phi) is 8.02. The number of rotatable bonds is 9. The zero-order valence-electron chi connectivity index (χ0n) is 21.6. The Morgan fingerprint density at radius 3 is 2.17 bits per heavy atom. The van der Waals surface area contributed by atoms with Gasteiger partial charge in [-0.05, 0) is 79.0 Å². The Bertz CT molecular complexity index is 1510. The number of ketones is 1. The number of anilines is 1. The lowest BCUT2D eigenvalue weighted by molar-refractivity contribution is -0.147. The topological polar surface area (TPSA) is 99.2 Å². The molecule has 1 atom stereocenters. The van der Waals surface area contributed by atoms with Crippen molar-refractivity contribution in [1.29, 1.82) is 0 Å². The number of carbonyl (C=O) groups is 4. The van der Waals surface area contributed by atoms with E-state index in [2.05, 4.69) is 0 Å². The van der Waals surface area contributed by atoms with Crippen LogP contribution < -0.4 is 14.4 Å². The molecule has 0 unspecified atom stereocenters. The van der Waals surface area contributed by atoms with Crippen molar-refractivity contribution in [2.24, 2.45) is 5.92 Å². The first kappa shape index (κ1) is 26.8. The molecule has 202 valence electrons. The molecule has 2 heterocycles. The number of aryl methyl sites for hydroxylation is 1. The van der Waals surface area contributed by atoms with Crippen LogP contribution in [0.4, 0.5) is 5.69 Å². The van der Waals surface area contributed by atoms with Crippen LogP contribution in [0.3, 0.4) is 0 Å². The number of esters is 2. The van der Waals surface area contributed by atoms with Crippen molar-refractivity contribution >= 4 is 40.7 Å². The first-order valence-electron chi connectivity index (χ1n) is 12.6. The van der Waals surface area contributed by atoms with Crippen molar-refractivity contribution in [3.8, 4) is 17.2 Å². The summed E-state index contributed by atoms with van der Waals surface area (Å²) >= 11 is 1.27. The number of amides is 1. The molecular formula is C31H25NO7S. The van der Waals surface area contributed by atoms with Crippen LogP contribution in [-0.2, 0) is 14.3 Å². The van der Waals surface area contributed by atoms with E-state index in [4.69, 9.17) is 14.2 Å². The highest BCUT2D eigenvalue weighted by atomic mass is 32.1. The fraction of sp³-hybridized carbons (Fsp3) is 0.161. The lowest BCUT2D eigenvalue weighted by Gasteiger charge is -2.17. The van der Waals surface area contributed by atoms with E-state index in [0.29, 0.717) is 33.4 Å². The molecule has 0 aliphatic carbocycles. The average Bonchev–Trinajstić information content (AvgIpc) is 3.64. The van der Waals surface area contributed by atoms with Gasteiger partial charge >= 0.3 is 11.9 Å². The first-order chi connectivity index (χ1) is 19.4. The molecule has 0 radical (unpaired) electrons. The van der Waals surface area contributed by atoms with Crippen molar-refractivity contribution in [2.75, 3.05) is 18.1 Å². The summed E-state index contributed by atoms with van der Waals surface area (Å²) in [5.74, 6) is -0.735. The average molecular weight is 556 g/mol. The molecule has 40 heavy (non-hydrogen) atoms. The maximum Gasteiger partial charge on any atom is 0.353 e. The molecule has 3 aromatic carbocycles. The standard InChI is InChI=1S/C31H25NO7S/c1-20-4-10-24(11-5-20)38-25-14-8-23(9-15-25)32-18-22(17-29(32)34)30(35)37-19-27(33)21-6-12-26(13-7-21)39-31(36)28-3-2-16-40-28/h2-16,22H,17-19H2,1H3/t22-/m1/s1. The molecule has 0 spiro atoms. The smallest absolute Gasteiger partial charge is 0.353 e. The Hall–Kier alpha value is -4.76. The summed E-state index contributed by atoms with van der Waals surface area (Å²) < 4.78 is 16.4. The van der Waals surface area contributed by atoms with Gasteiger partial charge in [-0.3, -0.25) is 14.4 Å². The molecule has 0 saturated carbocycles. The number of hydrogen-bond acceptors (Lipinski definition) is 8. The summed E-state index contributed by atoms with van der Waals surface area (Å²) in [6.45, 7) is 1.71. The predicted molar refractivity (Wildman–Crippen MR) is 149 cm³/mol. The highest BCUT2D eigenvalue weighted by molar-refractivity contribution is 7.12. The van der Waals surface area contributed by atoms with Gasteiger partial charge in [0.15, 0.2) is 12.4 Å². The molecule has 1 fully saturated rings. The summed E-state index contributed by atoms with van der Waals surface area (Å²) in [5.41, 5.74) is 2.09. The van der Waals surface area contributed by atoms with Crippen molar-refractivity contribution in [2.45, 2.75) is 13.3 Å². The number of ether oxygens (including phenoxy) is 3. The summed E-state index contributed by atoms with van der Waals surface area (Å²) in [6.07, 6.45) is -0.00105. The number of carbonyl (C=O) groups excluding carboxylic acids is 4. The lowest BCUT2D eigenvalue weighted by Crippen LogP contribution is -2.27. The molecule has 5 rings (SSSR count). The quantitative estimate of drug-likeness (QED) is 0.145. The zero-order valence-corrected chi connectivity index (χ0v) is 22.4. The third-order valence-corrected chi connectivity index (χ3v) is 7.17. The van der Waals surface area contributed by atoms with E-state index in [1.165, 1.54) is 40.5 Å². The van der Waals surface area contributed by atoms with Crippen molar-refractivity contribution in [3.05, 3.63) is 106 Å². The van der Waals surface area contributed by atoms with Crippen LogP contribution in [-0.4, -0.2) is 36.8 Å². The fourth-order valence-corrected chi connectivity index (χ4v) is 4.75. The van der Waals surface area contributed by atoms with Crippen LogP contribution in [0.2, 0.25) is 0 Å². The monoisotopic (exact) mass is 555 g/mol. The van der Waals surface area contributed by atoms with Gasteiger partial charge in [0.2, 0.25) is 5.91 Å². The summed E-state index contributed by atoms with van der Waals surface area (Å²) in [7, 11) is 0. The maximum atomic E-state index is 12.6. The van der Waals surface area contributed by atoms with Gasteiger partial charge in [-0.25, -0.2) is 4.79 Å². The molecule has 1 aliphatic heterocycles. The van der Waals surface area contributed by atoms with E-state index in [0.717, 1.165) is 5.56 Å². The van der Waals surface area contributed by atoms with Crippen LogP contribution in [0.15, 0.2) is 90.3 Å². The van der Waals surface area contributed by atoms with Crippen LogP contribution in [0.1, 0.15) is 32.0 Å². The van der Waals surface area contributed by atoms with Gasteiger partial charge in [-0.15, -0.1) is 11.3 Å². The van der Waals surface area contributed by atoms with Gasteiger partial charge in [0.25, 0.3) is 0 Å². The Balaban J connectivity index is 1.11. The summed E-state index contributed by atoms with van der Waals surface area (Å²) in [6, 6.07) is 24.2. The van der Waals surface area contributed by atoms with Crippen LogP contribution in [0.25, 0.3) is 0 Å². The molecule has 4 aromatic rings. The number of thiophene rings is 1. The van der Waals surface area contributed by atoms with Gasteiger partial charge in [-0.1, -0.05) is 23.8 Å². The second-order valence-corrected chi connectivity index (χ2v) is 10.2. The van der Waals surface area contributed by atoms with E-state index in [-0.39, 0.29) is 18.9 Å².